The molecule has 1 fully saturated rings. The summed E-state index contributed by atoms with van der Waals surface area (Å²) in [4.78, 5) is 26.1. The summed E-state index contributed by atoms with van der Waals surface area (Å²) in [5, 5.41) is 0. The minimum Gasteiger partial charge on any atom is -0.370 e. The van der Waals surface area contributed by atoms with Crippen molar-refractivity contribution in [1.82, 2.24) is 15.8 Å². The van der Waals surface area contributed by atoms with E-state index in [4.69, 9.17) is 4.74 Å². The summed E-state index contributed by atoms with van der Waals surface area (Å²) in [6.45, 7) is 2.91. The first-order valence-corrected chi connectivity index (χ1v) is 8.32. The number of morpholine rings is 1. The predicted molar refractivity (Wildman–Crippen MR) is 93.8 cm³/mol. The molecule has 1 unspecified atom stereocenters. The highest BCUT2D eigenvalue weighted by atomic mass is 19.1. The van der Waals surface area contributed by atoms with Crippen LogP contribution in [0.25, 0.3) is 0 Å². The molecule has 2 N–H and O–H groups in total. The first kappa shape index (κ1) is 17.9. The monoisotopic (exact) mass is 357 g/mol. The Hall–Kier alpha value is -2.93. The van der Waals surface area contributed by atoms with Gasteiger partial charge in [-0.3, -0.25) is 10.2 Å². The molecule has 2 aromatic rings. The second kappa shape index (κ2) is 7.97. The highest BCUT2D eigenvalue weighted by Gasteiger charge is 2.25. The fourth-order valence-corrected chi connectivity index (χ4v) is 2.80. The largest absolute Gasteiger partial charge is 0.370 e. The molecule has 0 saturated carbocycles. The number of nitrogens with zero attached hydrogens (tertiary/aromatic N) is 1. The summed E-state index contributed by atoms with van der Waals surface area (Å²) in [5.41, 5.74) is 6.98. The molecule has 6 nitrogen and oxygen atoms in total. The molecular formula is C19H20FN3O3. The molecule has 1 aliphatic rings. The van der Waals surface area contributed by atoms with Gasteiger partial charge in [0.1, 0.15) is 11.9 Å². The summed E-state index contributed by atoms with van der Waals surface area (Å²) < 4.78 is 18.7. The smallest absolute Gasteiger partial charge is 0.336 e. The Morgan fingerprint density at radius 3 is 2.58 bits per heavy atom. The molecular weight excluding hydrogens is 337 g/mol. The highest BCUT2D eigenvalue weighted by molar-refractivity contribution is 5.96. The number of hydrogen-bond donors (Lipinski definition) is 2. The highest BCUT2D eigenvalue weighted by Crippen LogP contribution is 2.22. The van der Waals surface area contributed by atoms with E-state index in [1.165, 1.54) is 12.1 Å². The van der Waals surface area contributed by atoms with Gasteiger partial charge in [-0.15, -0.1) is 0 Å². The average molecular weight is 357 g/mol. The lowest BCUT2D eigenvalue weighted by Crippen LogP contribution is -2.52. The SMILES string of the molecule is Cc1ccccc1C(=O)NNC(=O)N1CCOC(c2ccc(F)cc2)C1. The molecule has 0 bridgehead atoms. The molecule has 1 heterocycles. The standard InChI is InChI=1S/C19H20FN3O3/c1-13-4-2-3-5-16(13)18(24)21-22-19(25)23-10-11-26-17(12-23)14-6-8-15(20)9-7-14/h2-9,17H,10-12H2,1H3,(H,21,24)(H,22,25). The van der Waals surface area contributed by atoms with E-state index in [0.29, 0.717) is 25.3 Å². The minimum absolute atomic E-state index is 0.317. The van der Waals surface area contributed by atoms with Crippen LogP contribution in [-0.4, -0.2) is 36.5 Å². The lowest BCUT2D eigenvalue weighted by atomic mass is 10.1. The number of carbonyl (C=O) groups is 2. The fraction of sp³-hybridized carbons (Fsp3) is 0.263. The van der Waals surface area contributed by atoms with Gasteiger partial charge in [0.15, 0.2) is 0 Å². The van der Waals surface area contributed by atoms with Crippen LogP contribution in [0.3, 0.4) is 0 Å². The van der Waals surface area contributed by atoms with E-state index >= 15 is 0 Å². The summed E-state index contributed by atoms with van der Waals surface area (Å²) in [5.74, 6) is -0.696. The maximum absolute atomic E-state index is 13.0. The molecule has 3 rings (SSSR count). The Morgan fingerprint density at radius 1 is 1.12 bits per heavy atom. The Kier molecular flexibility index (Phi) is 5.48. The zero-order chi connectivity index (χ0) is 18.5. The van der Waals surface area contributed by atoms with Crippen LogP contribution in [0, 0.1) is 12.7 Å². The molecule has 1 aliphatic heterocycles. The van der Waals surface area contributed by atoms with Crippen LogP contribution in [0.5, 0.6) is 0 Å². The van der Waals surface area contributed by atoms with Crippen molar-refractivity contribution in [3.05, 3.63) is 71.0 Å². The Balaban J connectivity index is 1.57. The van der Waals surface area contributed by atoms with Crippen molar-refractivity contribution >= 4 is 11.9 Å². The van der Waals surface area contributed by atoms with E-state index in [-0.39, 0.29) is 17.8 Å². The summed E-state index contributed by atoms with van der Waals surface area (Å²) in [7, 11) is 0. The van der Waals surface area contributed by atoms with Crippen LogP contribution < -0.4 is 10.9 Å². The number of halogens is 1. The van der Waals surface area contributed by atoms with E-state index in [9.17, 15) is 14.0 Å². The van der Waals surface area contributed by atoms with Gasteiger partial charge in [-0.1, -0.05) is 30.3 Å². The Bertz CT molecular complexity index is 795. The predicted octanol–water partition coefficient (Wildman–Crippen LogP) is 2.56. The minimum atomic E-state index is -0.414. The van der Waals surface area contributed by atoms with Crippen molar-refractivity contribution in [1.29, 1.82) is 0 Å². The number of ether oxygens (including phenoxy) is 1. The number of aryl methyl sites for hydroxylation is 1. The second-order valence-corrected chi connectivity index (χ2v) is 6.06. The van der Waals surface area contributed by atoms with Gasteiger partial charge in [-0.25, -0.2) is 14.6 Å². The van der Waals surface area contributed by atoms with Crippen molar-refractivity contribution in [2.45, 2.75) is 13.0 Å². The van der Waals surface area contributed by atoms with Crippen LogP contribution in [0.15, 0.2) is 48.5 Å². The van der Waals surface area contributed by atoms with Crippen molar-refractivity contribution in [3.63, 3.8) is 0 Å². The van der Waals surface area contributed by atoms with Crippen molar-refractivity contribution in [2.75, 3.05) is 19.7 Å². The van der Waals surface area contributed by atoms with Crippen LogP contribution >= 0.6 is 0 Å². The number of nitrogens with one attached hydrogen (secondary N) is 2. The average Bonchev–Trinajstić information content (AvgIpc) is 2.67. The first-order valence-electron chi connectivity index (χ1n) is 8.32. The second-order valence-electron chi connectivity index (χ2n) is 6.06. The van der Waals surface area contributed by atoms with Gasteiger partial charge in [0.05, 0.1) is 13.2 Å². The molecule has 0 spiro atoms. The van der Waals surface area contributed by atoms with Gasteiger partial charge in [0.2, 0.25) is 0 Å². The number of carbonyl (C=O) groups excluding carboxylic acids is 2. The number of urea groups is 1. The van der Waals surface area contributed by atoms with Gasteiger partial charge in [-0.05, 0) is 36.2 Å². The van der Waals surface area contributed by atoms with Crippen molar-refractivity contribution in [3.8, 4) is 0 Å². The van der Waals surface area contributed by atoms with E-state index in [1.807, 2.05) is 19.1 Å². The van der Waals surface area contributed by atoms with E-state index in [0.717, 1.165) is 11.1 Å². The number of rotatable bonds is 2. The lowest BCUT2D eigenvalue weighted by Gasteiger charge is -2.33. The molecule has 0 radical (unpaired) electrons. The molecule has 26 heavy (non-hydrogen) atoms. The third-order valence-corrected chi connectivity index (χ3v) is 4.27. The lowest BCUT2D eigenvalue weighted by molar-refractivity contribution is -0.0158. The topological polar surface area (TPSA) is 70.7 Å². The van der Waals surface area contributed by atoms with Gasteiger partial charge in [0.25, 0.3) is 5.91 Å². The number of benzene rings is 2. The fourth-order valence-electron chi connectivity index (χ4n) is 2.80. The quantitative estimate of drug-likeness (QED) is 0.812. The van der Waals surface area contributed by atoms with Gasteiger partial charge in [-0.2, -0.15) is 0 Å². The molecule has 0 aliphatic carbocycles. The zero-order valence-corrected chi connectivity index (χ0v) is 14.4. The molecule has 0 aromatic heterocycles. The van der Waals surface area contributed by atoms with E-state index in [1.54, 1.807) is 29.2 Å². The van der Waals surface area contributed by atoms with Crippen LogP contribution in [0.4, 0.5) is 9.18 Å². The van der Waals surface area contributed by atoms with Gasteiger partial charge in [0, 0.05) is 12.1 Å². The van der Waals surface area contributed by atoms with E-state index < -0.39 is 6.03 Å². The third-order valence-electron chi connectivity index (χ3n) is 4.27. The van der Waals surface area contributed by atoms with Crippen LogP contribution in [0.1, 0.15) is 27.6 Å². The third kappa shape index (κ3) is 4.18. The zero-order valence-electron chi connectivity index (χ0n) is 14.4. The molecule has 136 valence electrons. The molecule has 1 saturated heterocycles. The molecule has 7 heteroatoms. The molecule has 1 atom stereocenters. The van der Waals surface area contributed by atoms with E-state index in [2.05, 4.69) is 10.9 Å². The molecule has 2 aromatic carbocycles. The van der Waals surface area contributed by atoms with Crippen LogP contribution in [-0.2, 0) is 4.74 Å². The first-order chi connectivity index (χ1) is 12.5. The maximum atomic E-state index is 13.0. The van der Waals surface area contributed by atoms with Crippen molar-refractivity contribution in [2.24, 2.45) is 0 Å². The van der Waals surface area contributed by atoms with Gasteiger partial charge < -0.3 is 9.64 Å². The normalized spacial score (nSPS) is 16.8. The Labute approximate surface area is 150 Å². The number of hydrogen-bond acceptors (Lipinski definition) is 3. The Morgan fingerprint density at radius 2 is 1.85 bits per heavy atom. The number of hydrazine groups is 1. The summed E-state index contributed by atoms with van der Waals surface area (Å²) in [6, 6.07) is 12.7. The molecule has 3 amide bonds. The van der Waals surface area contributed by atoms with Crippen molar-refractivity contribution < 1.29 is 18.7 Å². The van der Waals surface area contributed by atoms with Crippen LogP contribution in [0.2, 0.25) is 0 Å². The maximum Gasteiger partial charge on any atom is 0.336 e. The van der Waals surface area contributed by atoms with Gasteiger partial charge >= 0.3 is 6.03 Å². The number of amides is 3. The summed E-state index contributed by atoms with van der Waals surface area (Å²) >= 11 is 0. The summed E-state index contributed by atoms with van der Waals surface area (Å²) in [6.07, 6.45) is -0.331.